The van der Waals surface area contributed by atoms with Crippen LogP contribution in [0.25, 0.3) is 0 Å². The second-order valence-electron chi connectivity index (χ2n) is 6.18. The highest BCUT2D eigenvalue weighted by Crippen LogP contribution is 2.31. The normalized spacial score (nSPS) is 34.9. The van der Waals surface area contributed by atoms with E-state index < -0.39 is 0 Å². The first-order valence-electron chi connectivity index (χ1n) is 7.29. The molecule has 100 valence electrons. The lowest BCUT2D eigenvalue weighted by molar-refractivity contribution is 0.186. The summed E-state index contributed by atoms with van der Waals surface area (Å²) in [5.74, 6) is 1.65. The van der Waals surface area contributed by atoms with Gasteiger partial charge >= 0.3 is 0 Å². The monoisotopic (exact) mass is 239 g/mol. The van der Waals surface area contributed by atoms with E-state index in [-0.39, 0.29) is 0 Å². The molecule has 2 aliphatic rings. The number of likely N-dealkylation sites (N-methyl/N-ethyl adjacent to an activating group) is 2. The Kier molecular flexibility index (Phi) is 4.83. The molecule has 1 saturated heterocycles. The van der Waals surface area contributed by atoms with E-state index in [1.807, 2.05) is 0 Å². The predicted molar refractivity (Wildman–Crippen MR) is 73.0 cm³/mol. The molecule has 1 aliphatic heterocycles. The van der Waals surface area contributed by atoms with E-state index in [1.54, 1.807) is 0 Å². The maximum absolute atomic E-state index is 5.86. The molecule has 0 aromatic carbocycles. The Morgan fingerprint density at radius 2 is 1.88 bits per heavy atom. The highest BCUT2D eigenvalue weighted by Gasteiger charge is 2.28. The number of hydrogen-bond donors (Lipinski definition) is 1. The third-order valence-corrected chi connectivity index (χ3v) is 4.86. The van der Waals surface area contributed by atoms with E-state index in [0.717, 1.165) is 24.4 Å². The van der Waals surface area contributed by atoms with Gasteiger partial charge in [0.25, 0.3) is 0 Å². The molecule has 0 spiro atoms. The van der Waals surface area contributed by atoms with Crippen LogP contribution >= 0.6 is 0 Å². The van der Waals surface area contributed by atoms with E-state index in [1.165, 1.54) is 51.7 Å². The van der Waals surface area contributed by atoms with Gasteiger partial charge in [0.15, 0.2) is 0 Å². The van der Waals surface area contributed by atoms with Crippen molar-refractivity contribution in [1.82, 2.24) is 9.80 Å². The van der Waals surface area contributed by atoms with Crippen LogP contribution in [0.15, 0.2) is 0 Å². The Morgan fingerprint density at radius 1 is 1.12 bits per heavy atom. The van der Waals surface area contributed by atoms with Crippen molar-refractivity contribution < 1.29 is 0 Å². The number of nitrogens with two attached hydrogens (primary N) is 1. The Balaban J connectivity index is 1.74. The van der Waals surface area contributed by atoms with Crippen LogP contribution in [0.3, 0.4) is 0 Å². The Labute approximate surface area is 106 Å². The molecule has 3 heteroatoms. The molecule has 0 radical (unpaired) electrons. The largest absolute Gasteiger partial charge is 0.330 e. The number of nitrogens with zero attached hydrogens (tertiary/aromatic N) is 2. The Hall–Kier alpha value is -0.120. The van der Waals surface area contributed by atoms with E-state index in [9.17, 15) is 0 Å². The molecule has 1 aliphatic carbocycles. The summed E-state index contributed by atoms with van der Waals surface area (Å²) < 4.78 is 0. The Bertz CT molecular complexity index is 232. The summed E-state index contributed by atoms with van der Waals surface area (Å²) in [5, 5.41) is 0. The molecule has 3 unspecified atom stereocenters. The van der Waals surface area contributed by atoms with Crippen LogP contribution in [0.4, 0.5) is 0 Å². The van der Waals surface area contributed by atoms with Crippen molar-refractivity contribution in [3.05, 3.63) is 0 Å². The standard InChI is InChI=1S/C14H29N3/c1-16(11-14-7-4-8-17(14)2)10-13-6-3-5-12(13)9-15/h12-14H,3-11,15H2,1-2H3. The molecule has 0 bridgehead atoms. The average Bonchev–Trinajstić information content (AvgIpc) is 2.89. The van der Waals surface area contributed by atoms with E-state index in [4.69, 9.17) is 5.73 Å². The predicted octanol–water partition coefficient (Wildman–Crippen LogP) is 1.39. The average molecular weight is 239 g/mol. The number of hydrogen-bond acceptors (Lipinski definition) is 3. The maximum Gasteiger partial charge on any atom is 0.0220 e. The van der Waals surface area contributed by atoms with E-state index >= 15 is 0 Å². The first kappa shape index (κ1) is 13.3. The van der Waals surface area contributed by atoms with Crippen LogP contribution in [0, 0.1) is 11.8 Å². The lowest BCUT2D eigenvalue weighted by atomic mass is 9.95. The summed E-state index contributed by atoms with van der Waals surface area (Å²) in [6.07, 6.45) is 6.91. The zero-order chi connectivity index (χ0) is 12.3. The van der Waals surface area contributed by atoms with Crippen LogP contribution in [0.5, 0.6) is 0 Å². The van der Waals surface area contributed by atoms with Crippen LogP contribution in [0.2, 0.25) is 0 Å². The first-order chi connectivity index (χ1) is 8.20. The van der Waals surface area contributed by atoms with Crippen molar-refractivity contribution in [2.45, 2.75) is 38.1 Å². The van der Waals surface area contributed by atoms with Gasteiger partial charge in [-0.3, -0.25) is 0 Å². The second kappa shape index (κ2) is 6.17. The number of likely N-dealkylation sites (tertiary alicyclic amines) is 1. The molecular weight excluding hydrogens is 210 g/mol. The van der Waals surface area contributed by atoms with Gasteiger partial charge in [-0.15, -0.1) is 0 Å². The minimum absolute atomic E-state index is 0.790. The van der Waals surface area contributed by atoms with Gasteiger partial charge in [0, 0.05) is 19.1 Å². The molecule has 17 heavy (non-hydrogen) atoms. The summed E-state index contributed by atoms with van der Waals surface area (Å²) in [4.78, 5) is 5.07. The summed E-state index contributed by atoms with van der Waals surface area (Å²) in [6.45, 7) is 4.67. The van der Waals surface area contributed by atoms with E-state index in [0.29, 0.717) is 0 Å². The van der Waals surface area contributed by atoms with Crippen LogP contribution in [-0.2, 0) is 0 Å². The molecule has 2 N–H and O–H groups in total. The zero-order valence-electron chi connectivity index (χ0n) is 11.6. The van der Waals surface area contributed by atoms with Crippen molar-refractivity contribution in [1.29, 1.82) is 0 Å². The van der Waals surface area contributed by atoms with Gasteiger partial charge in [0.1, 0.15) is 0 Å². The molecule has 3 nitrogen and oxygen atoms in total. The molecule has 0 aromatic heterocycles. The molecule has 3 atom stereocenters. The van der Waals surface area contributed by atoms with Gasteiger partial charge in [-0.1, -0.05) is 6.42 Å². The second-order valence-corrected chi connectivity index (χ2v) is 6.18. The van der Waals surface area contributed by atoms with Crippen molar-refractivity contribution in [2.24, 2.45) is 17.6 Å². The SMILES string of the molecule is CN(CC1CCCC1CN)CC1CCCN1C. The maximum atomic E-state index is 5.86. The summed E-state index contributed by atoms with van der Waals surface area (Å²) in [5.41, 5.74) is 5.86. The van der Waals surface area contributed by atoms with Gasteiger partial charge in [-0.2, -0.15) is 0 Å². The smallest absolute Gasteiger partial charge is 0.0220 e. The quantitative estimate of drug-likeness (QED) is 0.787. The molecular formula is C14H29N3. The van der Waals surface area contributed by atoms with Crippen molar-refractivity contribution in [3.63, 3.8) is 0 Å². The molecule has 0 aromatic rings. The minimum atomic E-state index is 0.790. The highest BCUT2D eigenvalue weighted by atomic mass is 15.2. The summed E-state index contributed by atoms with van der Waals surface area (Å²) >= 11 is 0. The fraction of sp³-hybridized carbons (Fsp3) is 1.00. The lowest BCUT2D eigenvalue weighted by Gasteiger charge is -2.29. The lowest BCUT2D eigenvalue weighted by Crippen LogP contribution is -2.39. The third kappa shape index (κ3) is 3.43. The molecule has 2 fully saturated rings. The third-order valence-electron chi connectivity index (χ3n) is 4.86. The molecule has 1 saturated carbocycles. The van der Waals surface area contributed by atoms with Gasteiger partial charge in [-0.25, -0.2) is 0 Å². The topological polar surface area (TPSA) is 32.5 Å². The van der Waals surface area contributed by atoms with Gasteiger partial charge in [0.2, 0.25) is 0 Å². The van der Waals surface area contributed by atoms with Crippen LogP contribution in [-0.4, -0.2) is 56.1 Å². The Morgan fingerprint density at radius 3 is 2.53 bits per heavy atom. The van der Waals surface area contributed by atoms with Crippen LogP contribution < -0.4 is 5.73 Å². The van der Waals surface area contributed by atoms with E-state index in [2.05, 4.69) is 23.9 Å². The fourth-order valence-corrected chi connectivity index (χ4v) is 3.71. The van der Waals surface area contributed by atoms with Crippen molar-refractivity contribution >= 4 is 0 Å². The minimum Gasteiger partial charge on any atom is -0.330 e. The molecule has 0 amide bonds. The summed E-state index contributed by atoms with van der Waals surface area (Å²) in [6, 6.07) is 0.790. The van der Waals surface area contributed by atoms with Gasteiger partial charge in [0.05, 0.1) is 0 Å². The summed E-state index contributed by atoms with van der Waals surface area (Å²) in [7, 11) is 4.56. The fourth-order valence-electron chi connectivity index (χ4n) is 3.71. The van der Waals surface area contributed by atoms with Gasteiger partial charge < -0.3 is 15.5 Å². The highest BCUT2D eigenvalue weighted by molar-refractivity contribution is 4.83. The van der Waals surface area contributed by atoms with Gasteiger partial charge in [-0.05, 0) is 64.7 Å². The van der Waals surface area contributed by atoms with Crippen LogP contribution in [0.1, 0.15) is 32.1 Å². The van der Waals surface area contributed by atoms with Crippen molar-refractivity contribution in [2.75, 3.05) is 40.3 Å². The first-order valence-corrected chi connectivity index (χ1v) is 7.29. The zero-order valence-corrected chi connectivity index (χ0v) is 11.6. The number of rotatable bonds is 5. The molecule has 2 rings (SSSR count). The van der Waals surface area contributed by atoms with Crippen molar-refractivity contribution in [3.8, 4) is 0 Å². The molecule has 1 heterocycles.